The third-order valence-electron chi connectivity index (χ3n) is 2.08. The zero-order valence-corrected chi connectivity index (χ0v) is 9.38. The second-order valence-electron chi connectivity index (χ2n) is 3.34. The Morgan fingerprint density at radius 3 is 2.47 bits per heavy atom. The van der Waals surface area contributed by atoms with Gasteiger partial charge in [-0.05, 0) is 31.2 Å². The highest BCUT2D eigenvalue weighted by Crippen LogP contribution is 2.29. The van der Waals surface area contributed by atoms with Gasteiger partial charge in [0.15, 0.2) is 5.06 Å². The Labute approximate surface area is 93.3 Å². The zero-order chi connectivity index (χ0) is 10.7. The van der Waals surface area contributed by atoms with Gasteiger partial charge in [0.05, 0.1) is 0 Å². The molecule has 0 saturated heterocycles. The first kappa shape index (κ1) is 10.2. The van der Waals surface area contributed by atoms with Crippen LogP contribution in [-0.2, 0) is 6.54 Å². The van der Waals surface area contributed by atoms with Gasteiger partial charge in [-0.25, -0.2) is 0 Å². The number of hydrogen-bond donors (Lipinski definition) is 1. The van der Waals surface area contributed by atoms with Crippen molar-refractivity contribution >= 4 is 11.3 Å². The molecular formula is C12H13NOS. The molecule has 2 rings (SSSR count). The van der Waals surface area contributed by atoms with Gasteiger partial charge in [0, 0.05) is 11.4 Å². The second kappa shape index (κ2) is 4.47. The molecule has 15 heavy (non-hydrogen) atoms. The van der Waals surface area contributed by atoms with Crippen LogP contribution in [-0.4, -0.2) is 0 Å². The van der Waals surface area contributed by atoms with Crippen molar-refractivity contribution < 1.29 is 4.74 Å². The minimum Gasteiger partial charge on any atom is -0.447 e. The molecule has 0 spiro atoms. The molecule has 1 aromatic heterocycles. The van der Waals surface area contributed by atoms with E-state index in [2.05, 4.69) is 6.92 Å². The number of ether oxygens (including phenoxy) is 1. The molecule has 3 heteroatoms. The molecule has 0 aliphatic rings. The lowest BCUT2D eigenvalue weighted by molar-refractivity contribution is 0.496. The van der Waals surface area contributed by atoms with Crippen LogP contribution in [0.5, 0.6) is 10.8 Å². The summed E-state index contributed by atoms with van der Waals surface area (Å²) in [5.41, 5.74) is 6.76. The highest BCUT2D eigenvalue weighted by Gasteiger charge is 2.00. The van der Waals surface area contributed by atoms with Crippen LogP contribution in [0.15, 0.2) is 36.4 Å². The Morgan fingerprint density at radius 2 is 1.87 bits per heavy atom. The van der Waals surface area contributed by atoms with Crippen molar-refractivity contribution in [2.45, 2.75) is 13.5 Å². The molecule has 0 atom stereocenters. The van der Waals surface area contributed by atoms with Crippen molar-refractivity contribution in [3.63, 3.8) is 0 Å². The Morgan fingerprint density at radius 1 is 1.13 bits per heavy atom. The van der Waals surface area contributed by atoms with Gasteiger partial charge in [0.1, 0.15) is 5.75 Å². The summed E-state index contributed by atoms with van der Waals surface area (Å²) in [4.78, 5) is 1.14. The Bertz CT molecular complexity index is 433. The highest BCUT2D eigenvalue weighted by molar-refractivity contribution is 7.13. The van der Waals surface area contributed by atoms with Gasteiger partial charge < -0.3 is 10.5 Å². The number of aryl methyl sites for hydroxylation is 1. The normalized spacial score (nSPS) is 10.3. The fourth-order valence-electron chi connectivity index (χ4n) is 1.25. The maximum Gasteiger partial charge on any atom is 0.181 e. The minimum atomic E-state index is 0.571. The van der Waals surface area contributed by atoms with Gasteiger partial charge in [0.2, 0.25) is 0 Å². The lowest BCUT2D eigenvalue weighted by atomic mass is 10.2. The molecule has 1 aromatic carbocycles. The molecule has 0 unspecified atom stereocenters. The fourth-order valence-corrected chi connectivity index (χ4v) is 2.00. The van der Waals surface area contributed by atoms with Crippen molar-refractivity contribution in [1.82, 2.24) is 0 Å². The molecule has 1 heterocycles. The van der Waals surface area contributed by atoms with E-state index in [4.69, 9.17) is 10.5 Å². The summed E-state index contributed by atoms with van der Waals surface area (Å²) < 4.78 is 5.68. The molecule has 0 aliphatic carbocycles. The number of thiophene rings is 1. The van der Waals surface area contributed by atoms with Crippen LogP contribution in [0.1, 0.15) is 10.4 Å². The minimum absolute atomic E-state index is 0.571. The topological polar surface area (TPSA) is 35.2 Å². The fraction of sp³-hybridized carbons (Fsp3) is 0.167. The van der Waals surface area contributed by atoms with Gasteiger partial charge >= 0.3 is 0 Å². The first-order valence-corrected chi connectivity index (χ1v) is 5.63. The summed E-state index contributed by atoms with van der Waals surface area (Å²) in [7, 11) is 0. The largest absolute Gasteiger partial charge is 0.447 e. The number of rotatable bonds is 3. The first-order valence-electron chi connectivity index (χ1n) is 4.81. The summed E-state index contributed by atoms with van der Waals surface area (Å²) >= 11 is 1.58. The van der Waals surface area contributed by atoms with Crippen molar-refractivity contribution in [2.24, 2.45) is 5.73 Å². The van der Waals surface area contributed by atoms with E-state index < -0.39 is 0 Å². The number of hydrogen-bond acceptors (Lipinski definition) is 3. The molecule has 2 N–H and O–H groups in total. The summed E-state index contributed by atoms with van der Waals surface area (Å²) in [6.07, 6.45) is 0. The first-order chi connectivity index (χ1) is 7.28. The molecule has 0 amide bonds. The second-order valence-corrected chi connectivity index (χ2v) is 4.47. The van der Waals surface area contributed by atoms with Crippen LogP contribution in [0.3, 0.4) is 0 Å². The van der Waals surface area contributed by atoms with Crippen molar-refractivity contribution in [3.05, 3.63) is 46.8 Å². The lowest BCUT2D eigenvalue weighted by Gasteiger charge is -2.02. The van der Waals surface area contributed by atoms with Gasteiger partial charge in [-0.1, -0.05) is 17.7 Å². The summed E-state index contributed by atoms with van der Waals surface area (Å²) in [6, 6.07) is 12.0. The summed E-state index contributed by atoms with van der Waals surface area (Å²) in [5, 5.41) is 0.888. The molecular weight excluding hydrogens is 206 g/mol. The average Bonchev–Trinajstić information content (AvgIpc) is 2.69. The molecule has 2 nitrogen and oxygen atoms in total. The number of nitrogens with two attached hydrogens (primary N) is 1. The smallest absolute Gasteiger partial charge is 0.181 e. The SMILES string of the molecule is Cc1ccc(Oc2ccc(CN)s2)cc1. The van der Waals surface area contributed by atoms with Gasteiger partial charge in [-0.3, -0.25) is 0 Å². The van der Waals surface area contributed by atoms with Crippen LogP contribution in [0.2, 0.25) is 0 Å². The van der Waals surface area contributed by atoms with Crippen molar-refractivity contribution in [1.29, 1.82) is 0 Å². The van der Waals surface area contributed by atoms with Crippen LogP contribution in [0.4, 0.5) is 0 Å². The van der Waals surface area contributed by atoms with E-state index in [1.54, 1.807) is 11.3 Å². The third kappa shape index (κ3) is 2.58. The quantitative estimate of drug-likeness (QED) is 0.859. The van der Waals surface area contributed by atoms with Crippen LogP contribution in [0, 0.1) is 6.92 Å². The predicted molar refractivity (Wildman–Crippen MR) is 63.5 cm³/mol. The Kier molecular flexibility index (Phi) is 3.04. The van der Waals surface area contributed by atoms with Gasteiger partial charge in [0.25, 0.3) is 0 Å². The van der Waals surface area contributed by atoms with Crippen molar-refractivity contribution in [2.75, 3.05) is 0 Å². The summed E-state index contributed by atoms with van der Waals surface area (Å²) in [6.45, 7) is 2.63. The molecule has 0 aliphatic heterocycles. The highest BCUT2D eigenvalue weighted by atomic mass is 32.1. The molecule has 0 radical (unpaired) electrons. The maximum absolute atomic E-state index is 5.68. The monoisotopic (exact) mass is 219 g/mol. The van der Waals surface area contributed by atoms with E-state index in [9.17, 15) is 0 Å². The average molecular weight is 219 g/mol. The molecule has 0 saturated carbocycles. The predicted octanol–water partition coefficient (Wildman–Crippen LogP) is 3.31. The lowest BCUT2D eigenvalue weighted by Crippen LogP contribution is -1.91. The number of benzene rings is 1. The maximum atomic E-state index is 5.68. The van der Waals surface area contributed by atoms with Gasteiger partial charge in [-0.2, -0.15) is 0 Å². The van der Waals surface area contributed by atoms with Gasteiger partial charge in [-0.15, -0.1) is 11.3 Å². The van der Waals surface area contributed by atoms with E-state index in [0.29, 0.717) is 6.54 Å². The zero-order valence-electron chi connectivity index (χ0n) is 8.57. The molecule has 0 bridgehead atoms. The standard InChI is InChI=1S/C12H13NOS/c1-9-2-4-10(5-3-9)14-12-7-6-11(8-13)15-12/h2-7H,8,13H2,1H3. The van der Waals surface area contributed by atoms with E-state index in [1.807, 2.05) is 36.4 Å². The van der Waals surface area contributed by atoms with E-state index in [0.717, 1.165) is 15.7 Å². The van der Waals surface area contributed by atoms with E-state index in [-0.39, 0.29) is 0 Å². The molecule has 78 valence electrons. The van der Waals surface area contributed by atoms with E-state index in [1.165, 1.54) is 5.56 Å². The van der Waals surface area contributed by atoms with E-state index >= 15 is 0 Å². The van der Waals surface area contributed by atoms with Crippen LogP contribution in [0.25, 0.3) is 0 Å². The summed E-state index contributed by atoms with van der Waals surface area (Å²) in [5.74, 6) is 0.867. The molecule has 2 aromatic rings. The van der Waals surface area contributed by atoms with Crippen molar-refractivity contribution in [3.8, 4) is 10.8 Å². The van der Waals surface area contributed by atoms with Crippen LogP contribution >= 0.6 is 11.3 Å². The Hall–Kier alpha value is -1.32. The molecule has 0 fully saturated rings. The third-order valence-corrected chi connectivity index (χ3v) is 3.06. The Balaban J connectivity index is 2.11. The van der Waals surface area contributed by atoms with Crippen LogP contribution < -0.4 is 10.5 Å².